The fourth-order valence-corrected chi connectivity index (χ4v) is 2.64. The smallest absolute Gasteiger partial charge is 0.139 e. The maximum atomic E-state index is 5.52. The van der Waals surface area contributed by atoms with E-state index in [2.05, 4.69) is 32.1 Å². The number of fused-ring (bicyclic) bond motifs is 1. The highest BCUT2D eigenvalue weighted by atomic mass is 32.1. The first kappa shape index (κ1) is 8.79. The van der Waals surface area contributed by atoms with Gasteiger partial charge in [0.15, 0.2) is 0 Å². The quantitative estimate of drug-likeness (QED) is 0.690. The van der Waals surface area contributed by atoms with Crippen molar-refractivity contribution >= 4 is 34.7 Å². The monoisotopic (exact) mass is 189 g/mol. The van der Waals surface area contributed by atoms with Gasteiger partial charge in [0.2, 0.25) is 0 Å². The Kier molecular flexibility index (Phi) is 2.38. The van der Waals surface area contributed by atoms with Gasteiger partial charge >= 0.3 is 0 Å². The zero-order chi connectivity index (χ0) is 9.26. The molecule has 1 aromatic heterocycles. The molecule has 0 radical (unpaired) electrons. The van der Waals surface area contributed by atoms with Gasteiger partial charge in [-0.15, -0.1) is 11.3 Å². The molecule has 0 aliphatic heterocycles. The van der Waals surface area contributed by atoms with Crippen molar-refractivity contribution in [3.8, 4) is 0 Å². The van der Waals surface area contributed by atoms with E-state index in [0.29, 0.717) is 0 Å². The molecule has 0 bridgehead atoms. The summed E-state index contributed by atoms with van der Waals surface area (Å²) in [6.07, 6.45) is 0.998. The summed E-state index contributed by atoms with van der Waals surface area (Å²) in [4.78, 5) is 1.39. The lowest BCUT2D eigenvalue weighted by molar-refractivity contribution is 0.989. The zero-order valence-electron chi connectivity index (χ0n) is 7.71. The fourth-order valence-electron chi connectivity index (χ4n) is 1.46. The number of hydrogen-bond acceptors (Lipinski definition) is 2. The predicted octanol–water partition coefficient (Wildman–Crippen LogP) is 0.661. The van der Waals surface area contributed by atoms with Crippen LogP contribution < -0.4 is 11.2 Å². The van der Waals surface area contributed by atoms with Crippen LogP contribution in [0.2, 0.25) is 0 Å². The van der Waals surface area contributed by atoms with Crippen molar-refractivity contribution in [1.82, 2.24) is 0 Å². The second kappa shape index (κ2) is 3.52. The minimum atomic E-state index is 0.742. The number of rotatable bonds is 2. The molecule has 2 rings (SSSR count). The van der Waals surface area contributed by atoms with Gasteiger partial charge in [-0.05, 0) is 24.4 Å². The summed E-state index contributed by atoms with van der Waals surface area (Å²) in [6, 6.07) is 8.81. The first-order valence-corrected chi connectivity index (χ1v) is 5.30. The minimum absolute atomic E-state index is 0.742. The molecule has 13 heavy (non-hydrogen) atoms. The molecular formula is C10H12BNS. The van der Waals surface area contributed by atoms with Gasteiger partial charge in [0.1, 0.15) is 7.85 Å². The maximum Gasteiger partial charge on any atom is 0.139 e. The van der Waals surface area contributed by atoms with Crippen LogP contribution in [0.25, 0.3) is 10.1 Å². The molecular weight excluding hydrogens is 177 g/mol. The molecule has 0 saturated heterocycles. The minimum Gasteiger partial charge on any atom is -0.330 e. The van der Waals surface area contributed by atoms with E-state index in [4.69, 9.17) is 5.73 Å². The van der Waals surface area contributed by atoms with Crippen molar-refractivity contribution in [2.24, 2.45) is 5.73 Å². The molecule has 0 amide bonds. The highest BCUT2D eigenvalue weighted by Crippen LogP contribution is 2.24. The average Bonchev–Trinajstić information content (AvgIpc) is 2.46. The summed E-state index contributed by atoms with van der Waals surface area (Å²) < 4.78 is 1.38. The summed E-state index contributed by atoms with van der Waals surface area (Å²) >= 11 is 1.86. The number of hydrogen-bond donors (Lipinski definition) is 1. The van der Waals surface area contributed by atoms with Gasteiger partial charge in [0.05, 0.1) is 0 Å². The van der Waals surface area contributed by atoms with Crippen LogP contribution >= 0.6 is 11.3 Å². The molecule has 1 nitrogen and oxygen atoms in total. The fraction of sp³-hybridized carbons (Fsp3) is 0.200. The van der Waals surface area contributed by atoms with Crippen LogP contribution in [-0.4, -0.2) is 14.4 Å². The largest absolute Gasteiger partial charge is 0.330 e. The van der Waals surface area contributed by atoms with E-state index in [1.165, 1.54) is 20.4 Å². The summed E-state index contributed by atoms with van der Waals surface area (Å²) in [5.41, 5.74) is 6.85. The van der Waals surface area contributed by atoms with E-state index in [1.807, 2.05) is 11.3 Å². The van der Waals surface area contributed by atoms with Crippen LogP contribution in [0, 0.1) is 0 Å². The van der Waals surface area contributed by atoms with Crippen molar-refractivity contribution < 1.29 is 0 Å². The molecule has 0 aliphatic rings. The lowest BCUT2D eigenvalue weighted by Crippen LogP contribution is -2.00. The molecule has 2 N–H and O–H groups in total. The van der Waals surface area contributed by atoms with E-state index in [0.717, 1.165) is 13.0 Å². The second-order valence-electron chi connectivity index (χ2n) is 3.29. The standard InChI is InChI=1S/C10H12BNS/c11-8-2-1-7-5-9(3-4-12)13-10(7)6-8/h1-2,5-6H,3-4,11-12H2. The molecule has 0 saturated carbocycles. The molecule has 66 valence electrons. The van der Waals surface area contributed by atoms with Gasteiger partial charge in [-0.3, -0.25) is 0 Å². The van der Waals surface area contributed by atoms with Crippen molar-refractivity contribution in [2.45, 2.75) is 6.42 Å². The molecule has 0 fully saturated rings. The summed E-state index contributed by atoms with van der Waals surface area (Å²) in [7, 11) is 2.13. The SMILES string of the molecule is Bc1ccc2cc(CCN)sc2c1. The Bertz CT molecular complexity index is 422. The Morgan fingerprint density at radius 1 is 1.31 bits per heavy atom. The topological polar surface area (TPSA) is 26.0 Å². The van der Waals surface area contributed by atoms with Crippen LogP contribution in [0.1, 0.15) is 4.88 Å². The Balaban J connectivity index is 2.49. The predicted molar refractivity (Wildman–Crippen MR) is 62.8 cm³/mol. The normalized spacial score (nSPS) is 10.8. The molecule has 1 aromatic carbocycles. The molecule has 3 heteroatoms. The highest BCUT2D eigenvalue weighted by molar-refractivity contribution is 7.19. The van der Waals surface area contributed by atoms with Crippen LogP contribution in [0.3, 0.4) is 0 Å². The third-order valence-electron chi connectivity index (χ3n) is 2.12. The van der Waals surface area contributed by atoms with Gasteiger partial charge in [-0.1, -0.05) is 23.7 Å². The van der Waals surface area contributed by atoms with E-state index in [-0.39, 0.29) is 0 Å². The van der Waals surface area contributed by atoms with Crippen molar-refractivity contribution in [3.63, 3.8) is 0 Å². The average molecular weight is 189 g/mol. The van der Waals surface area contributed by atoms with Crippen molar-refractivity contribution in [3.05, 3.63) is 29.1 Å². The third kappa shape index (κ3) is 1.76. The first-order valence-electron chi connectivity index (χ1n) is 4.49. The van der Waals surface area contributed by atoms with Gasteiger partial charge < -0.3 is 5.73 Å². The van der Waals surface area contributed by atoms with Gasteiger partial charge in [0.25, 0.3) is 0 Å². The molecule has 0 atom stereocenters. The van der Waals surface area contributed by atoms with E-state index in [9.17, 15) is 0 Å². The lowest BCUT2D eigenvalue weighted by atomic mass is 9.96. The highest BCUT2D eigenvalue weighted by Gasteiger charge is 2.00. The molecule has 0 spiro atoms. The van der Waals surface area contributed by atoms with Crippen LogP contribution in [-0.2, 0) is 6.42 Å². The Morgan fingerprint density at radius 2 is 2.15 bits per heavy atom. The zero-order valence-corrected chi connectivity index (χ0v) is 8.53. The Labute approximate surface area is 83.0 Å². The summed E-state index contributed by atoms with van der Waals surface area (Å²) in [5.74, 6) is 0. The molecule has 0 unspecified atom stereocenters. The molecule has 2 aromatic rings. The van der Waals surface area contributed by atoms with Crippen LogP contribution in [0.4, 0.5) is 0 Å². The summed E-state index contributed by atoms with van der Waals surface area (Å²) in [5, 5.41) is 1.35. The number of nitrogens with two attached hydrogens (primary N) is 1. The van der Waals surface area contributed by atoms with Crippen LogP contribution in [0.5, 0.6) is 0 Å². The number of thiophene rings is 1. The molecule has 0 aliphatic carbocycles. The van der Waals surface area contributed by atoms with Gasteiger partial charge in [-0.2, -0.15) is 0 Å². The van der Waals surface area contributed by atoms with Gasteiger partial charge in [-0.25, -0.2) is 0 Å². The first-order chi connectivity index (χ1) is 6.29. The van der Waals surface area contributed by atoms with E-state index < -0.39 is 0 Å². The molecule has 1 heterocycles. The van der Waals surface area contributed by atoms with Crippen LogP contribution in [0.15, 0.2) is 24.3 Å². The van der Waals surface area contributed by atoms with Crippen molar-refractivity contribution in [2.75, 3.05) is 6.54 Å². The van der Waals surface area contributed by atoms with Gasteiger partial charge in [0, 0.05) is 9.58 Å². The Hall–Kier alpha value is -0.795. The van der Waals surface area contributed by atoms with E-state index in [1.54, 1.807) is 0 Å². The van der Waals surface area contributed by atoms with E-state index >= 15 is 0 Å². The second-order valence-corrected chi connectivity index (χ2v) is 4.46. The number of benzene rings is 1. The lowest BCUT2D eigenvalue weighted by Gasteiger charge is -1.90. The summed E-state index contributed by atoms with van der Waals surface area (Å²) in [6.45, 7) is 0.742. The Morgan fingerprint density at radius 3 is 2.92 bits per heavy atom. The maximum absolute atomic E-state index is 5.52. The van der Waals surface area contributed by atoms with Crippen molar-refractivity contribution in [1.29, 1.82) is 0 Å². The third-order valence-corrected chi connectivity index (χ3v) is 3.27.